The van der Waals surface area contributed by atoms with Gasteiger partial charge in [0.2, 0.25) is 0 Å². The van der Waals surface area contributed by atoms with Crippen LogP contribution in [-0.4, -0.2) is 21.3 Å². The second-order valence-corrected chi connectivity index (χ2v) is 3.58. The summed E-state index contributed by atoms with van der Waals surface area (Å²) in [6, 6.07) is 8.94. The lowest BCUT2D eigenvalue weighted by atomic mass is 10.3. The molecule has 0 unspecified atom stereocenters. The largest absolute Gasteiger partial charge is 0.309 e. The zero-order valence-corrected chi connectivity index (χ0v) is 9.41. The van der Waals surface area contributed by atoms with Crippen LogP contribution in [0.25, 0.3) is 0 Å². The molecule has 5 heteroatoms. The molecular formula is C12H14N4O. The highest BCUT2D eigenvalue weighted by Crippen LogP contribution is 1.91. The molecule has 0 bridgehead atoms. The highest BCUT2D eigenvalue weighted by Gasteiger charge is 1.95. The first-order chi connectivity index (χ1) is 8.36. The maximum atomic E-state index is 11.3. The van der Waals surface area contributed by atoms with Crippen LogP contribution in [0, 0.1) is 0 Å². The van der Waals surface area contributed by atoms with Crippen LogP contribution >= 0.6 is 0 Å². The summed E-state index contributed by atoms with van der Waals surface area (Å²) in [7, 11) is 0. The van der Waals surface area contributed by atoms with Crippen LogP contribution in [0.4, 0.5) is 0 Å². The van der Waals surface area contributed by atoms with Gasteiger partial charge in [0.1, 0.15) is 0 Å². The lowest BCUT2D eigenvalue weighted by Crippen LogP contribution is -2.28. The highest BCUT2D eigenvalue weighted by atomic mass is 16.1. The van der Waals surface area contributed by atoms with Crippen LogP contribution in [-0.2, 0) is 13.1 Å². The Hall–Kier alpha value is -2.01. The summed E-state index contributed by atoms with van der Waals surface area (Å²) in [5.41, 5.74) is 0.910. The van der Waals surface area contributed by atoms with E-state index in [0.717, 1.165) is 5.69 Å². The molecule has 0 fully saturated rings. The van der Waals surface area contributed by atoms with E-state index in [9.17, 15) is 4.79 Å². The Balaban J connectivity index is 1.78. The zero-order chi connectivity index (χ0) is 11.9. The molecule has 0 aliphatic carbocycles. The Morgan fingerprint density at radius 2 is 2.12 bits per heavy atom. The Labute approximate surface area is 99.1 Å². The van der Waals surface area contributed by atoms with E-state index in [1.165, 1.54) is 10.7 Å². The van der Waals surface area contributed by atoms with Crippen molar-refractivity contribution in [3.63, 3.8) is 0 Å². The van der Waals surface area contributed by atoms with Gasteiger partial charge in [0.05, 0.1) is 12.2 Å². The lowest BCUT2D eigenvalue weighted by Gasteiger charge is -2.05. The van der Waals surface area contributed by atoms with Gasteiger partial charge in [-0.1, -0.05) is 6.07 Å². The van der Waals surface area contributed by atoms with Gasteiger partial charge in [-0.05, 0) is 18.2 Å². The Bertz CT molecular complexity index is 509. The molecule has 17 heavy (non-hydrogen) atoms. The summed E-state index contributed by atoms with van der Waals surface area (Å²) >= 11 is 0. The molecule has 2 heterocycles. The molecule has 0 aromatic carbocycles. The van der Waals surface area contributed by atoms with Gasteiger partial charge < -0.3 is 5.32 Å². The van der Waals surface area contributed by atoms with Gasteiger partial charge in [-0.15, -0.1) is 0 Å². The fourth-order valence-electron chi connectivity index (χ4n) is 1.46. The van der Waals surface area contributed by atoms with Crippen LogP contribution in [0.1, 0.15) is 5.69 Å². The number of nitrogens with zero attached hydrogens (tertiary/aromatic N) is 3. The number of rotatable bonds is 5. The van der Waals surface area contributed by atoms with E-state index in [1.807, 2.05) is 18.2 Å². The smallest absolute Gasteiger partial charge is 0.266 e. The normalized spacial score (nSPS) is 10.4. The van der Waals surface area contributed by atoms with Crippen molar-refractivity contribution in [2.24, 2.45) is 0 Å². The molecule has 88 valence electrons. The predicted octanol–water partition coefficient (Wildman–Crippen LogP) is 0.428. The van der Waals surface area contributed by atoms with Gasteiger partial charge in [-0.25, -0.2) is 4.68 Å². The molecule has 2 aromatic heterocycles. The Morgan fingerprint density at radius 1 is 1.18 bits per heavy atom. The minimum atomic E-state index is -0.0767. The summed E-state index contributed by atoms with van der Waals surface area (Å²) in [6.07, 6.45) is 3.38. The monoisotopic (exact) mass is 230 g/mol. The van der Waals surface area contributed by atoms with Crippen LogP contribution in [0.5, 0.6) is 0 Å². The average Bonchev–Trinajstić information content (AvgIpc) is 2.38. The second kappa shape index (κ2) is 5.91. The van der Waals surface area contributed by atoms with Crippen molar-refractivity contribution in [2.75, 3.05) is 6.54 Å². The molecule has 0 atom stereocenters. The first-order valence-electron chi connectivity index (χ1n) is 5.49. The third kappa shape index (κ3) is 3.49. The van der Waals surface area contributed by atoms with Crippen LogP contribution in [0.15, 0.2) is 47.5 Å². The molecule has 1 N–H and O–H groups in total. The molecule has 0 aliphatic heterocycles. The number of pyridine rings is 1. The summed E-state index contributed by atoms with van der Waals surface area (Å²) < 4.78 is 1.44. The van der Waals surface area contributed by atoms with E-state index in [4.69, 9.17) is 0 Å². The molecule has 0 aliphatic rings. The quantitative estimate of drug-likeness (QED) is 0.757. The van der Waals surface area contributed by atoms with E-state index in [2.05, 4.69) is 15.4 Å². The van der Waals surface area contributed by atoms with Crippen LogP contribution in [0.3, 0.4) is 0 Å². The van der Waals surface area contributed by atoms with Crippen molar-refractivity contribution >= 4 is 0 Å². The number of nitrogens with one attached hydrogen (secondary N) is 1. The fourth-order valence-corrected chi connectivity index (χ4v) is 1.46. The summed E-state index contributed by atoms with van der Waals surface area (Å²) in [5, 5.41) is 7.19. The molecule has 2 aromatic rings. The van der Waals surface area contributed by atoms with E-state index >= 15 is 0 Å². The highest BCUT2D eigenvalue weighted by molar-refractivity contribution is 5.02. The topological polar surface area (TPSA) is 59.8 Å². The van der Waals surface area contributed by atoms with E-state index < -0.39 is 0 Å². The minimum Gasteiger partial charge on any atom is -0.309 e. The molecular weight excluding hydrogens is 216 g/mol. The van der Waals surface area contributed by atoms with E-state index in [1.54, 1.807) is 18.5 Å². The van der Waals surface area contributed by atoms with Crippen molar-refractivity contribution in [3.8, 4) is 0 Å². The Kier molecular flexibility index (Phi) is 3.99. The standard InChI is InChI=1S/C12H14N4O/c17-12-5-3-7-15-16(12)9-8-13-10-11-4-1-2-6-14-11/h1-7,13H,8-10H2. The summed E-state index contributed by atoms with van der Waals surface area (Å²) in [5.74, 6) is 0. The van der Waals surface area contributed by atoms with Gasteiger partial charge in [0, 0.05) is 31.5 Å². The molecule has 0 saturated heterocycles. The van der Waals surface area contributed by atoms with Crippen molar-refractivity contribution < 1.29 is 0 Å². The van der Waals surface area contributed by atoms with Gasteiger partial charge in [0.25, 0.3) is 5.56 Å². The fraction of sp³-hybridized carbons (Fsp3) is 0.250. The average molecular weight is 230 g/mol. The molecule has 0 amide bonds. The van der Waals surface area contributed by atoms with Gasteiger partial charge in [0.15, 0.2) is 0 Å². The molecule has 0 spiro atoms. The van der Waals surface area contributed by atoms with Crippen molar-refractivity contribution in [1.29, 1.82) is 0 Å². The Morgan fingerprint density at radius 3 is 2.88 bits per heavy atom. The third-order valence-corrected chi connectivity index (χ3v) is 2.32. The van der Waals surface area contributed by atoms with Gasteiger partial charge >= 0.3 is 0 Å². The zero-order valence-electron chi connectivity index (χ0n) is 9.41. The maximum Gasteiger partial charge on any atom is 0.266 e. The maximum absolute atomic E-state index is 11.3. The predicted molar refractivity (Wildman–Crippen MR) is 64.4 cm³/mol. The van der Waals surface area contributed by atoms with Gasteiger partial charge in [-0.2, -0.15) is 5.10 Å². The summed E-state index contributed by atoms with van der Waals surface area (Å²) in [4.78, 5) is 15.5. The van der Waals surface area contributed by atoms with Gasteiger partial charge in [-0.3, -0.25) is 9.78 Å². The molecule has 0 radical (unpaired) electrons. The minimum absolute atomic E-state index is 0.0767. The van der Waals surface area contributed by atoms with Crippen LogP contribution in [0.2, 0.25) is 0 Å². The first-order valence-corrected chi connectivity index (χ1v) is 5.49. The lowest BCUT2D eigenvalue weighted by molar-refractivity contribution is 0.529. The summed E-state index contributed by atoms with van der Waals surface area (Å²) in [6.45, 7) is 1.95. The number of hydrogen-bond donors (Lipinski definition) is 1. The van der Waals surface area contributed by atoms with Crippen LogP contribution < -0.4 is 10.9 Å². The van der Waals surface area contributed by atoms with E-state index in [0.29, 0.717) is 19.6 Å². The number of aromatic nitrogens is 3. The first kappa shape index (κ1) is 11.5. The number of hydrogen-bond acceptors (Lipinski definition) is 4. The van der Waals surface area contributed by atoms with Crippen molar-refractivity contribution in [2.45, 2.75) is 13.1 Å². The van der Waals surface area contributed by atoms with Crippen molar-refractivity contribution in [1.82, 2.24) is 20.1 Å². The second-order valence-electron chi connectivity index (χ2n) is 3.58. The molecule has 0 saturated carbocycles. The van der Waals surface area contributed by atoms with E-state index in [-0.39, 0.29) is 5.56 Å². The molecule has 2 rings (SSSR count). The molecule has 5 nitrogen and oxygen atoms in total. The van der Waals surface area contributed by atoms with Crippen molar-refractivity contribution in [3.05, 3.63) is 58.8 Å². The SMILES string of the molecule is O=c1cccnn1CCNCc1ccccn1. The third-order valence-electron chi connectivity index (χ3n) is 2.32.